The number of rotatable bonds is 7. The molecule has 1 aromatic rings. The maximum atomic E-state index is 6.14. The molecule has 1 fully saturated rings. The predicted octanol–water partition coefficient (Wildman–Crippen LogP) is 3.72. The van der Waals surface area contributed by atoms with E-state index < -0.39 is 0 Å². The maximum absolute atomic E-state index is 6.14. The molecule has 1 aromatic heterocycles. The van der Waals surface area contributed by atoms with E-state index in [2.05, 4.69) is 22.2 Å². The van der Waals surface area contributed by atoms with E-state index in [1.165, 1.54) is 32.1 Å². The van der Waals surface area contributed by atoms with E-state index in [1.807, 2.05) is 6.92 Å². The molecule has 0 bridgehead atoms. The molecule has 5 heteroatoms. The first kappa shape index (κ1) is 15.9. The smallest absolute Gasteiger partial charge is 0.242 e. The standard InChI is InChI=1S/C16H28N4O/c1-3-5-11-21-16-13(17)15(18-4-2)19-14(20-16)12-9-7-6-8-10-12/h12H,3-11,17H2,1-2H3,(H,18,19,20). The second-order valence-electron chi connectivity index (χ2n) is 5.72. The molecular formula is C16H28N4O. The molecule has 0 amide bonds. The molecule has 3 N–H and O–H groups in total. The molecule has 1 saturated carbocycles. The average Bonchev–Trinajstić information content (AvgIpc) is 2.52. The molecular weight excluding hydrogens is 264 g/mol. The molecule has 0 aliphatic heterocycles. The Morgan fingerprint density at radius 3 is 2.62 bits per heavy atom. The number of nitrogen functional groups attached to an aromatic ring is 1. The first-order chi connectivity index (χ1) is 10.3. The first-order valence-electron chi connectivity index (χ1n) is 8.30. The summed E-state index contributed by atoms with van der Waals surface area (Å²) >= 11 is 0. The van der Waals surface area contributed by atoms with Crippen LogP contribution in [0.5, 0.6) is 5.88 Å². The number of hydrogen-bond donors (Lipinski definition) is 2. The summed E-state index contributed by atoms with van der Waals surface area (Å²) in [5.74, 6) is 2.62. The summed E-state index contributed by atoms with van der Waals surface area (Å²) in [6.45, 7) is 5.64. The number of unbranched alkanes of at least 4 members (excludes halogenated alkanes) is 1. The number of nitrogens with two attached hydrogens (primary N) is 1. The van der Waals surface area contributed by atoms with Gasteiger partial charge in [0.2, 0.25) is 5.88 Å². The second-order valence-corrected chi connectivity index (χ2v) is 5.72. The summed E-state index contributed by atoms with van der Waals surface area (Å²) < 4.78 is 5.78. The van der Waals surface area contributed by atoms with Gasteiger partial charge in [0, 0.05) is 12.5 Å². The Balaban J connectivity index is 2.22. The van der Waals surface area contributed by atoms with Crippen molar-refractivity contribution in [2.75, 3.05) is 24.2 Å². The lowest BCUT2D eigenvalue weighted by atomic mass is 9.88. The van der Waals surface area contributed by atoms with E-state index in [9.17, 15) is 0 Å². The number of ether oxygens (including phenoxy) is 1. The van der Waals surface area contributed by atoms with Crippen molar-refractivity contribution in [2.45, 2.75) is 64.7 Å². The first-order valence-corrected chi connectivity index (χ1v) is 8.30. The Kier molecular flexibility index (Phi) is 6.08. The normalized spacial score (nSPS) is 15.9. The average molecular weight is 292 g/mol. The van der Waals surface area contributed by atoms with Gasteiger partial charge < -0.3 is 15.8 Å². The van der Waals surface area contributed by atoms with Crippen molar-refractivity contribution in [3.8, 4) is 5.88 Å². The van der Waals surface area contributed by atoms with Crippen molar-refractivity contribution in [3.05, 3.63) is 5.82 Å². The van der Waals surface area contributed by atoms with Crippen LogP contribution in [0.4, 0.5) is 11.5 Å². The van der Waals surface area contributed by atoms with E-state index in [-0.39, 0.29) is 0 Å². The monoisotopic (exact) mass is 292 g/mol. The fourth-order valence-corrected chi connectivity index (χ4v) is 2.73. The summed E-state index contributed by atoms with van der Waals surface area (Å²) in [4.78, 5) is 9.26. The molecule has 0 saturated heterocycles. The third kappa shape index (κ3) is 4.22. The Morgan fingerprint density at radius 2 is 1.95 bits per heavy atom. The Morgan fingerprint density at radius 1 is 1.19 bits per heavy atom. The number of hydrogen-bond acceptors (Lipinski definition) is 5. The van der Waals surface area contributed by atoms with E-state index in [4.69, 9.17) is 10.5 Å². The van der Waals surface area contributed by atoms with Gasteiger partial charge in [0.1, 0.15) is 11.5 Å². The summed E-state index contributed by atoms with van der Waals surface area (Å²) in [6.07, 6.45) is 8.31. The van der Waals surface area contributed by atoms with Gasteiger partial charge in [-0.2, -0.15) is 4.98 Å². The lowest BCUT2D eigenvalue weighted by Gasteiger charge is -2.22. The zero-order chi connectivity index (χ0) is 15.1. The number of nitrogens with one attached hydrogen (secondary N) is 1. The van der Waals surface area contributed by atoms with Gasteiger partial charge in [0.15, 0.2) is 5.82 Å². The number of aromatic nitrogens is 2. The van der Waals surface area contributed by atoms with Gasteiger partial charge >= 0.3 is 0 Å². The molecule has 0 atom stereocenters. The van der Waals surface area contributed by atoms with Gasteiger partial charge in [-0.3, -0.25) is 0 Å². The van der Waals surface area contributed by atoms with Crippen LogP contribution in [0.25, 0.3) is 0 Å². The van der Waals surface area contributed by atoms with Gasteiger partial charge in [0.25, 0.3) is 0 Å². The maximum Gasteiger partial charge on any atom is 0.242 e. The Hall–Kier alpha value is -1.52. The minimum absolute atomic E-state index is 0.449. The summed E-state index contributed by atoms with van der Waals surface area (Å²) in [5, 5.41) is 3.23. The SMILES string of the molecule is CCCCOc1nc(C2CCCCC2)nc(NCC)c1N. The highest BCUT2D eigenvalue weighted by Crippen LogP contribution is 2.34. The van der Waals surface area contributed by atoms with Crippen LogP contribution in [0.15, 0.2) is 0 Å². The molecule has 0 spiro atoms. The summed E-state index contributed by atoms with van der Waals surface area (Å²) in [7, 11) is 0. The van der Waals surface area contributed by atoms with Crippen LogP contribution in [0.2, 0.25) is 0 Å². The Labute approximate surface area is 127 Å². The van der Waals surface area contributed by atoms with Crippen LogP contribution in [-0.4, -0.2) is 23.1 Å². The molecule has 118 valence electrons. The van der Waals surface area contributed by atoms with E-state index in [1.54, 1.807) is 0 Å². The largest absolute Gasteiger partial charge is 0.476 e. The number of anilines is 2. The van der Waals surface area contributed by atoms with E-state index in [0.29, 0.717) is 24.1 Å². The molecule has 5 nitrogen and oxygen atoms in total. The highest BCUT2D eigenvalue weighted by Gasteiger charge is 2.21. The summed E-state index contributed by atoms with van der Waals surface area (Å²) in [5.41, 5.74) is 6.67. The molecule has 0 unspecified atom stereocenters. The highest BCUT2D eigenvalue weighted by molar-refractivity contribution is 5.67. The van der Waals surface area contributed by atoms with Crippen LogP contribution in [0, 0.1) is 0 Å². The van der Waals surface area contributed by atoms with Crippen molar-refractivity contribution < 1.29 is 4.74 Å². The molecule has 2 rings (SSSR count). The molecule has 21 heavy (non-hydrogen) atoms. The minimum Gasteiger partial charge on any atom is -0.476 e. The molecule has 0 aromatic carbocycles. The van der Waals surface area contributed by atoms with Crippen molar-refractivity contribution in [1.82, 2.24) is 9.97 Å². The molecule has 1 heterocycles. The van der Waals surface area contributed by atoms with Crippen molar-refractivity contribution in [2.24, 2.45) is 0 Å². The summed E-state index contributed by atoms with van der Waals surface area (Å²) in [6, 6.07) is 0. The minimum atomic E-state index is 0.449. The quantitative estimate of drug-likeness (QED) is 0.749. The third-order valence-corrected chi connectivity index (χ3v) is 3.98. The lowest BCUT2D eigenvalue weighted by Crippen LogP contribution is -2.14. The van der Waals surface area contributed by atoms with Gasteiger partial charge in [-0.15, -0.1) is 0 Å². The van der Waals surface area contributed by atoms with Crippen LogP contribution in [0.1, 0.15) is 70.5 Å². The van der Waals surface area contributed by atoms with Crippen LogP contribution in [0.3, 0.4) is 0 Å². The van der Waals surface area contributed by atoms with Crippen molar-refractivity contribution >= 4 is 11.5 Å². The highest BCUT2D eigenvalue weighted by atomic mass is 16.5. The topological polar surface area (TPSA) is 73.1 Å². The van der Waals surface area contributed by atoms with E-state index in [0.717, 1.165) is 31.0 Å². The van der Waals surface area contributed by atoms with Crippen LogP contribution in [-0.2, 0) is 0 Å². The molecule has 1 aliphatic carbocycles. The second kappa shape index (κ2) is 8.05. The van der Waals surface area contributed by atoms with E-state index >= 15 is 0 Å². The zero-order valence-electron chi connectivity index (χ0n) is 13.3. The van der Waals surface area contributed by atoms with Crippen molar-refractivity contribution in [1.29, 1.82) is 0 Å². The lowest BCUT2D eigenvalue weighted by molar-refractivity contribution is 0.296. The fraction of sp³-hybridized carbons (Fsp3) is 0.750. The Bertz CT molecular complexity index is 444. The molecule has 1 aliphatic rings. The third-order valence-electron chi connectivity index (χ3n) is 3.98. The fourth-order valence-electron chi connectivity index (χ4n) is 2.73. The van der Waals surface area contributed by atoms with Crippen LogP contribution < -0.4 is 15.8 Å². The van der Waals surface area contributed by atoms with Gasteiger partial charge in [0.05, 0.1) is 6.61 Å². The zero-order valence-corrected chi connectivity index (χ0v) is 13.3. The number of nitrogens with zero attached hydrogens (tertiary/aromatic N) is 2. The molecule has 0 radical (unpaired) electrons. The van der Waals surface area contributed by atoms with Crippen molar-refractivity contribution in [3.63, 3.8) is 0 Å². The van der Waals surface area contributed by atoms with Gasteiger partial charge in [-0.05, 0) is 26.2 Å². The van der Waals surface area contributed by atoms with Gasteiger partial charge in [-0.1, -0.05) is 32.6 Å². The van der Waals surface area contributed by atoms with Crippen LogP contribution >= 0.6 is 0 Å². The van der Waals surface area contributed by atoms with Gasteiger partial charge in [-0.25, -0.2) is 4.98 Å². The predicted molar refractivity (Wildman–Crippen MR) is 86.8 cm³/mol.